The highest BCUT2D eigenvalue weighted by Gasteiger charge is 2.40. The summed E-state index contributed by atoms with van der Waals surface area (Å²) in [6, 6.07) is 36.3. The Balaban J connectivity index is 1.38. The molecule has 0 aromatic heterocycles. The van der Waals surface area contributed by atoms with Crippen LogP contribution in [0, 0.1) is 6.92 Å². The van der Waals surface area contributed by atoms with Gasteiger partial charge in [0, 0.05) is 17.5 Å². The summed E-state index contributed by atoms with van der Waals surface area (Å²) in [5.41, 5.74) is 8.28. The number of benzene rings is 4. The van der Waals surface area contributed by atoms with Gasteiger partial charge in [0.15, 0.2) is 0 Å². The van der Waals surface area contributed by atoms with Gasteiger partial charge in [0.2, 0.25) is 6.23 Å². The highest BCUT2D eigenvalue weighted by atomic mass is 16.5. The average molecular weight is 417 g/mol. The Morgan fingerprint density at radius 1 is 0.719 bits per heavy atom. The summed E-state index contributed by atoms with van der Waals surface area (Å²) in [7, 11) is 0. The molecule has 0 N–H and O–H groups in total. The molecular weight excluding hydrogens is 392 g/mol. The van der Waals surface area contributed by atoms with Gasteiger partial charge in [-0.15, -0.1) is 0 Å². The normalized spacial score (nSPS) is 19.0. The van der Waals surface area contributed by atoms with E-state index in [4.69, 9.17) is 9.84 Å². The first-order chi connectivity index (χ1) is 15.8. The molecule has 2 atom stereocenters. The van der Waals surface area contributed by atoms with Crippen molar-refractivity contribution in [1.29, 1.82) is 0 Å². The van der Waals surface area contributed by atoms with E-state index < -0.39 is 0 Å². The van der Waals surface area contributed by atoms with Gasteiger partial charge in [-0.2, -0.15) is 5.10 Å². The van der Waals surface area contributed by atoms with E-state index >= 15 is 0 Å². The van der Waals surface area contributed by atoms with Gasteiger partial charge in [0.05, 0.1) is 11.8 Å². The molecule has 0 bridgehead atoms. The topological polar surface area (TPSA) is 24.8 Å². The maximum Gasteiger partial charge on any atom is 0.213 e. The lowest BCUT2D eigenvalue weighted by Crippen LogP contribution is -2.33. The number of rotatable bonds is 3. The maximum atomic E-state index is 6.50. The lowest BCUT2D eigenvalue weighted by atomic mass is 9.95. The van der Waals surface area contributed by atoms with Crippen LogP contribution in [-0.4, -0.2) is 10.7 Å². The monoisotopic (exact) mass is 416 g/mol. The van der Waals surface area contributed by atoms with Gasteiger partial charge in [-0.25, -0.2) is 5.01 Å². The van der Waals surface area contributed by atoms with Crippen molar-refractivity contribution in [3.63, 3.8) is 0 Å². The van der Waals surface area contributed by atoms with Crippen molar-refractivity contribution < 1.29 is 4.74 Å². The zero-order valence-electron chi connectivity index (χ0n) is 18.0. The minimum absolute atomic E-state index is 0.176. The Hall–Kier alpha value is -3.85. The summed E-state index contributed by atoms with van der Waals surface area (Å²) in [5.74, 6) is 0.950. The molecule has 0 aliphatic carbocycles. The first-order valence-corrected chi connectivity index (χ1v) is 11.1. The Morgan fingerprint density at radius 2 is 1.38 bits per heavy atom. The van der Waals surface area contributed by atoms with Gasteiger partial charge in [-0.1, -0.05) is 103 Å². The van der Waals surface area contributed by atoms with Crippen LogP contribution in [0.4, 0.5) is 0 Å². The van der Waals surface area contributed by atoms with E-state index in [1.165, 1.54) is 27.8 Å². The molecule has 156 valence electrons. The Labute approximate surface area is 188 Å². The van der Waals surface area contributed by atoms with Gasteiger partial charge in [0.25, 0.3) is 0 Å². The van der Waals surface area contributed by atoms with Crippen molar-refractivity contribution in [2.24, 2.45) is 5.10 Å². The Morgan fingerprint density at radius 3 is 2.16 bits per heavy atom. The first kappa shape index (κ1) is 18.9. The Bertz CT molecular complexity index is 1280. The molecule has 0 saturated heterocycles. The molecular formula is C29H24N2O. The standard InChI is InChI=1S/C29H24N2O/c1-20-11-13-23(14-12-20)26-19-27-25-9-5-6-10-28(25)32-29(31(27)30-26)24-17-15-22(16-18-24)21-7-3-2-4-8-21/h2-18,27,29H,19H2,1H3/t27-,29-/m0/s1. The molecule has 32 heavy (non-hydrogen) atoms. The summed E-state index contributed by atoms with van der Waals surface area (Å²) >= 11 is 0. The highest BCUT2D eigenvalue weighted by molar-refractivity contribution is 6.02. The van der Waals surface area contributed by atoms with Crippen LogP contribution < -0.4 is 4.74 Å². The van der Waals surface area contributed by atoms with Crippen molar-refractivity contribution >= 4 is 5.71 Å². The minimum Gasteiger partial charge on any atom is -0.464 e. The summed E-state index contributed by atoms with van der Waals surface area (Å²) in [6.45, 7) is 2.11. The summed E-state index contributed by atoms with van der Waals surface area (Å²) in [6.07, 6.45) is 0.629. The van der Waals surface area contributed by atoms with E-state index in [2.05, 4.69) is 103 Å². The van der Waals surface area contributed by atoms with E-state index in [9.17, 15) is 0 Å². The van der Waals surface area contributed by atoms with E-state index in [-0.39, 0.29) is 12.3 Å². The molecule has 3 heteroatoms. The molecule has 2 aliphatic rings. The number of ether oxygens (including phenoxy) is 1. The minimum atomic E-state index is -0.248. The molecule has 4 aromatic rings. The van der Waals surface area contributed by atoms with Crippen molar-refractivity contribution in [3.05, 3.63) is 125 Å². The fraction of sp³-hybridized carbons (Fsp3) is 0.138. The third-order valence-electron chi connectivity index (χ3n) is 6.39. The van der Waals surface area contributed by atoms with Gasteiger partial charge in [-0.3, -0.25) is 0 Å². The van der Waals surface area contributed by atoms with Crippen LogP contribution >= 0.6 is 0 Å². The Kier molecular flexibility index (Phi) is 4.53. The molecule has 0 unspecified atom stereocenters. The maximum absolute atomic E-state index is 6.50. The number of para-hydroxylation sites is 1. The summed E-state index contributed by atoms with van der Waals surface area (Å²) in [4.78, 5) is 0. The number of hydrazone groups is 1. The quantitative estimate of drug-likeness (QED) is 0.363. The van der Waals surface area contributed by atoms with E-state index in [1.807, 2.05) is 12.1 Å². The van der Waals surface area contributed by atoms with Crippen LogP contribution in [-0.2, 0) is 0 Å². The molecule has 4 aromatic carbocycles. The van der Waals surface area contributed by atoms with Crippen LogP contribution in [0.5, 0.6) is 5.75 Å². The lowest BCUT2D eigenvalue weighted by Gasteiger charge is -2.38. The van der Waals surface area contributed by atoms with Gasteiger partial charge < -0.3 is 4.74 Å². The second-order valence-corrected chi connectivity index (χ2v) is 8.51. The number of nitrogens with zero attached hydrogens (tertiary/aromatic N) is 2. The number of hydrogen-bond acceptors (Lipinski definition) is 3. The third kappa shape index (κ3) is 3.27. The first-order valence-electron chi connectivity index (χ1n) is 11.1. The summed E-state index contributed by atoms with van der Waals surface area (Å²) < 4.78 is 6.50. The summed E-state index contributed by atoms with van der Waals surface area (Å²) in [5, 5.41) is 7.22. The van der Waals surface area contributed by atoms with E-state index in [1.54, 1.807) is 0 Å². The predicted octanol–water partition coefficient (Wildman–Crippen LogP) is 6.90. The fourth-order valence-electron chi connectivity index (χ4n) is 4.65. The zero-order valence-corrected chi connectivity index (χ0v) is 18.0. The smallest absolute Gasteiger partial charge is 0.213 e. The van der Waals surface area contributed by atoms with Gasteiger partial charge in [-0.05, 0) is 29.7 Å². The molecule has 3 nitrogen and oxygen atoms in total. The van der Waals surface area contributed by atoms with Crippen molar-refractivity contribution in [3.8, 4) is 16.9 Å². The zero-order chi connectivity index (χ0) is 21.5. The van der Waals surface area contributed by atoms with Crippen LogP contribution in [0.3, 0.4) is 0 Å². The number of aryl methyl sites for hydroxylation is 1. The third-order valence-corrected chi connectivity index (χ3v) is 6.39. The lowest BCUT2D eigenvalue weighted by molar-refractivity contribution is -0.0190. The number of fused-ring (bicyclic) bond motifs is 3. The van der Waals surface area contributed by atoms with Crippen molar-refractivity contribution in [1.82, 2.24) is 5.01 Å². The second-order valence-electron chi connectivity index (χ2n) is 8.51. The van der Waals surface area contributed by atoms with Crippen LogP contribution in [0.15, 0.2) is 108 Å². The molecule has 2 heterocycles. The predicted molar refractivity (Wildman–Crippen MR) is 129 cm³/mol. The molecule has 2 aliphatic heterocycles. The second kappa shape index (κ2) is 7.69. The van der Waals surface area contributed by atoms with Crippen molar-refractivity contribution in [2.45, 2.75) is 25.6 Å². The van der Waals surface area contributed by atoms with E-state index in [0.717, 1.165) is 23.4 Å². The molecule has 0 saturated carbocycles. The van der Waals surface area contributed by atoms with Crippen LogP contribution in [0.1, 0.15) is 40.9 Å². The molecule has 6 rings (SSSR count). The largest absolute Gasteiger partial charge is 0.464 e. The molecule has 0 radical (unpaired) electrons. The SMILES string of the molecule is Cc1ccc(C2=NN3[C@@H](C2)c2ccccc2O[C@H]3c2ccc(-c3ccccc3)cc2)cc1. The van der Waals surface area contributed by atoms with E-state index in [0.29, 0.717) is 0 Å². The molecule has 0 fully saturated rings. The average Bonchev–Trinajstić information content (AvgIpc) is 3.30. The molecule has 0 spiro atoms. The number of hydrogen-bond donors (Lipinski definition) is 0. The molecule has 0 amide bonds. The van der Waals surface area contributed by atoms with Gasteiger partial charge in [0.1, 0.15) is 5.75 Å². The van der Waals surface area contributed by atoms with Crippen molar-refractivity contribution in [2.75, 3.05) is 0 Å². The van der Waals surface area contributed by atoms with Crippen LogP contribution in [0.25, 0.3) is 11.1 Å². The highest BCUT2D eigenvalue weighted by Crippen LogP contribution is 2.47. The van der Waals surface area contributed by atoms with Gasteiger partial charge >= 0.3 is 0 Å². The fourth-order valence-corrected chi connectivity index (χ4v) is 4.65. The van der Waals surface area contributed by atoms with Crippen LogP contribution in [0.2, 0.25) is 0 Å².